The first-order valence-electron chi connectivity index (χ1n) is 5.95. The lowest BCUT2D eigenvalue weighted by Gasteiger charge is -2.28. The molecule has 0 saturated carbocycles. The van der Waals surface area contributed by atoms with Gasteiger partial charge in [0, 0.05) is 18.6 Å². The zero-order valence-corrected chi connectivity index (χ0v) is 9.28. The molecular weight excluding hydrogens is 174 g/mol. The monoisotopic (exact) mass is 197 g/mol. The molecule has 2 rings (SSSR count). The maximum absolute atomic E-state index is 5.66. The van der Waals surface area contributed by atoms with E-state index in [0.717, 1.165) is 18.6 Å². The third kappa shape index (κ3) is 2.10. The van der Waals surface area contributed by atoms with Gasteiger partial charge in [0.25, 0.3) is 0 Å². The van der Waals surface area contributed by atoms with Gasteiger partial charge in [-0.05, 0) is 52.4 Å². The summed E-state index contributed by atoms with van der Waals surface area (Å²) in [6, 6.07) is 1.61. The highest BCUT2D eigenvalue weighted by atomic mass is 15.3. The van der Waals surface area contributed by atoms with Crippen LogP contribution in [-0.4, -0.2) is 55.1 Å². The molecule has 0 aromatic carbocycles. The minimum Gasteiger partial charge on any atom is -0.330 e. The van der Waals surface area contributed by atoms with Crippen molar-refractivity contribution in [2.75, 3.05) is 33.2 Å². The zero-order chi connectivity index (χ0) is 9.97. The molecule has 2 aliphatic heterocycles. The third-order valence-corrected chi connectivity index (χ3v) is 3.75. The molecule has 2 atom stereocenters. The van der Waals surface area contributed by atoms with Gasteiger partial charge in [-0.15, -0.1) is 0 Å². The molecule has 0 spiro atoms. The second-order valence-corrected chi connectivity index (χ2v) is 4.82. The summed E-state index contributed by atoms with van der Waals surface area (Å²) in [6.07, 6.45) is 5.28. The van der Waals surface area contributed by atoms with E-state index in [1.807, 2.05) is 0 Å². The zero-order valence-electron chi connectivity index (χ0n) is 9.28. The van der Waals surface area contributed by atoms with E-state index in [9.17, 15) is 0 Å². The average molecular weight is 197 g/mol. The van der Waals surface area contributed by atoms with Crippen molar-refractivity contribution in [2.45, 2.75) is 37.8 Å². The summed E-state index contributed by atoms with van der Waals surface area (Å²) in [5, 5.41) is 0. The number of likely N-dealkylation sites (N-methyl/N-ethyl adjacent to an activating group) is 1. The van der Waals surface area contributed by atoms with Crippen molar-refractivity contribution < 1.29 is 0 Å². The number of nitrogens with two attached hydrogens (primary N) is 1. The summed E-state index contributed by atoms with van der Waals surface area (Å²) >= 11 is 0. The van der Waals surface area contributed by atoms with Gasteiger partial charge in [0.15, 0.2) is 0 Å². The van der Waals surface area contributed by atoms with Gasteiger partial charge in [-0.1, -0.05) is 0 Å². The quantitative estimate of drug-likeness (QED) is 0.700. The van der Waals surface area contributed by atoms with Crippen molar-refractivity contribution in [3.63, 3.8) is 0 Å². The molecule has 0 radical (unpaired) electrons. The number of rotatable bonds is 2. The van der Waals surface area contributed by atoms with Gasteiger partial charge in [0.2, 0.25) is 0 Å². The van der Waals surface area contributed by atoms with Crippen LogP contribution >= 0.6 is 0 Å². The fraction of sp³-hybridized carbons (Fsp3) is 1.00. The fourth-order valence-electron chi connectivity index (χ4n) is 3.05. The molecule has 14 heavy (non-hydrogen) atoms. The van der Waals surface area contributed by atoms with Crippen LogP contribution in [0.1, 0.15) is 25.7 Å². The summed E-state index contributed by atoms with van der Waals surface area (Å²) < 4.78 is 0. The highest BCUT2D eigenvalue weighted by Crippen LogP contribution is 2.28. The Morgan fingerprint density at radius 3 is 2.93 bits per heavy atom. The van der Waals surface area contributed by atoms with Crippen LogP contribution in [0.25, 0.3) is 0 Å². The van der Waals surface area contributed by atoms with Crippen molar-refractivity contribution in [3.8, 4) is 0 Å². The minimum absolute atomic E-state index is 0.788. The fourth-order valence-corrected chi connectivity index (χ4v) is 3.05. The van der Waals surface area contributed by atoms with Gasteiger partial charge in [-0.3, -0.25) is 4.90 Å². The van der Waals surface area contributed by atoms with Crippen LogP contribution in [-0.2, 0) is 0 Å². The highest BCUT2D eigenvalue weighted by molar-refractivity contribution is 4.90. The van der Waals surface area contributed by atoms with E-state index in [1.165, 1.54) is 45.3 Å². The van der Waals surface area contributed by atoms with Crippen molar-refractivity contribution >= 4 is 0 Å². The van der Waals surface area contributed by atoms with Crippen molar-refractivity contribution in [3.05, 3.63) is 0 Å². The van der Waals surface area contributed by atoms with Crippen molar-refractivity contribution in [2.24, 2.45) is 5.73 Å². The standard InChI is InChI=1S/C11H23N3/c1-13-7-2-8-14-10(5-6-12)3-4-11(14)9-13/h10-11H,2-9,12H2,1H3. The molecule has 2 saturated heterocycles. The molecule has 2 heterocycles. The molecule has 3 nitrogen and oxygen atoms in total. The Balaban J connectivity index is 1.96. The van der Waals surface area contributed by atoms with Gasteiger partial charge < -0.3 is 10.6 Å². The Labute approximate surface area is 87.2 Å². The van der Waals surface area contributed by atoms with E-state index >= 15 is 0 Å². The van der Waals surface area contributed by atoms with Crippen LogP contribution in [0.2, 0.25) is 0 Å². The van der Waals surface area contributed by atoms with Crippen molar-refractivity contribution in [1.29, 1.82) is 0 Å². The van der Waals surface area contributed by atoms with Crippen LogP contribution in [0.5, 0.6) is 0 Å². The molecule has 3 heteroatoms. The predicted molar refractivity (Wildman–Crippen MR) is 59.3 cm³/mol. The third-order valence-electron chi connectivity index (χ3n) is 3.75. The lowest BCUT2D eigenvalue weighted by atomic mass is 10.1. The summed E-state index contributed by atoms with van der Waals surface area (Å²) in [7, 11) is 2.25. The molecule has 0 aromatic rings. The number of fused-ring (bicyclic) bond motifs is 1. The molecule has 0 aliphatic carbocycles. The molecular formula is C11H23N3. The van der Waals surface area contributed by atoms with Crippen LogP contribution < -0.4 is 5.73 Å². The first-order valence-corrected chi connectivity index (χ1v) is 5.95. The topological polar surface area (TPSA) is 32.5 Å². The molecule has 2 unspecified atom stereocenters. The van der Waals surface area contributed by atoms with Gasteiger partial charge in [-0.2, -0.15) is 0 Å². The summed E-state index contributed by atoms with van der Waals surface area (Å²) in [6.45, 7) is 4.67. The summed E-state index contributed by atoms with van der Waals surface area (Å²) in [4.78, 5) is 5.20. The maximum Gasteiger partial charge on any atom is 0.0226 e. The predicted octanol–water partition coefficient (Wildman–Crippen LogP) is 0.504. The van der Waals surface area contributed by atoms with E-state index in [-0.39, 0.29) is 0 Å². The number of nitrogens with zero attached hydrogens (tertiary/aromatic N) is 2. The van der Waals surface area contributed by atoms with Gasteiger partial charge >= 0.3 is 0 Å². The lowest BCUT2D eigenvalue weighted by Crippen LogP contribution is -2.40. The first-order chi connectivity index (χ1) is 6.81. The second-order valence-electron chi connectivity index (χ2n) is 4.82. The molecule has 2 N–H and O–H groups in total. The molecule has 82 valence electrons. The van der Waals surface area contributed by atoms with E-state index in [2.05, 4.69) is 16.8 Å². The first kappa shape index (κ1) is 10.4. The van der Waals surface area contributed by atoms with E-state index in [0.29, 0.717) is 0 Å². The molecule has 2 fully saturated rings. The Morgan fingerprint density at radius 1 is 1.29 bits per heavy atom. The summed E-state index contributed by atoms with van der Waals surface area (Å²) in [5.41, 5.74) is 5.66. The molecule has 2 aliphatic rings. The average Bonchev–Trinajstić information content (AvgIpc) is 2.43. The lowest BCUT2D eigenvalue weighted by molar-refractivity contribution is 0.185. The Bertz CT molecular complexity index is 183. The normalized spacial score (nSPS) is 35.6. The molecule has 0 bridgehead atoms. The highest BCUT2D eigenvalue weighted by Gasteiger charge is 2.34. The van der Waals surface area contributed by atoms with Crippen LogP contribution in [0, 0.1) is 0 Å². The van der Waals surface area contributed by atoms with E-state index in [4.69, 9.17) is 5.73 Å². The molecule has 0 amide bonds. The van der Waals surface area contributed by atoms with Crippen LogP contribution in [0.3, 0.4) is 0 Å². The van der Waals surface area contributed by atoms with Crippen LogP contribution in [0.15, 0.2) is 0 Å². The smallest absolute Gasteiger partial charge is 0.0226 e. The Hall–Kier alpha value is -0.120. The van der Waals surface area contributed by atoms with E-state index in [1.54, 1.807) is 0 Å². The second kappa shape index (κ2) is 4.60. The van der Waals surface area contributed by atoms with Crippen molar-refractivity contribution in [1.82, 2.24) is 9.80 Å². The SMILES string of the molecule is CN1CCCN2C(CCN)CCC2C1. The largest absolute Gasteiger partial charge is 0.330 e. The summed E-state index contributed by atoms with van der Waals surface area (Å²) in [5.74, 6) is 0. The van der Waals surface area contributed by atoms with Gasteiger partial charge in [0.05, 0.1) is 0 Å². The van der Waals surface area contributed by atoms with Gasteiger partial charge in [-0.25, -0.2) is 0 Å². The van der Waals surface area contributed by atoms with E-state index < -0.39 is 0 Å². The Morgan fingerprint density at radius 2 is 2.14 bits per heavy atom. The van der Waals surface area contributed by atoms with Gasteiger partial charge in [0.1, 0.15) is 0 Å². The number of hydrogen-bond donors (Lipinski definition) is 1. The molecule has 0 aromatic heterocycles. The van der Waals surface area contributed by atoms with Crippen LogP contribution in [0.4, 0.5) is 0 Å². The maximum atomic E-state index is 5.66. The number of hydrogen-bond acceptors (Lipinski definition) is 3. The Kier molecular flexibility index (Phi) is 3.42. The minimum atomic E-state index is 0.788.